The monoisotopic (exact) mass is 535 g/mol. The van der Waals surface area contributed by atoms with E-state index in [1.807, 2.05) is 11.1 Å². The molecule has 6 nitrogen and oxygen atoms in total. The molecule has 1 aromatic carbocycles. The second kappa shape index (κ2) is 9.97. The first-order chi connectivity index (χ1) is 16.9. The molecule has 1 fully saturated rings. The van der Waals surface area contributed by atoms with Crippen LogP contribution in [0.3, 0.4) is 0 Å². The number of carbonyl (C=O) groups excluding carboxylic acids is 1. The van der Waals surface area contributed by atoms with Crippen molar-refractivity contribution in [2.45, 2.75) is 44.9 Å². The largest absolute Gasteiger partial charge is 0.619 e. The van der Waals surface area contributed by atoms with E-state index < -0.39 is 0 Å². The number of rotatable bonds is 4. The van der Waals surface area contributed by atoms with E-state index in [0.29, 0.717) is 12.3 Å². The van der Waals surface area contributed by atoms with E-state index in [9.17, 15) is 10.0 Å². The third-order valence-electron chi connectivity index (χ3n) is 7.42. The molecule has 0 unspecified atom stereocenters. The Hall–Kier alpha value is -2.93. The van der Waals surface area contributed by atoms with Gasteiger partial charge in [-0.15, -0.1) is 0 Å². The topological polar surface area (TPSA) is 69.4 Å². The van der Waals surface area contributed by atoms with Crippen LogP contribution in [0, 0.1) is 18.0 Å². The van der Waals surface area contributed by atoms with Crippen molar-refractivity contribution in [3.63, 3.8) is 0 Å². The summed E-state index contributed by atoms with van der Waals surface area (Å²) in [5.74, 6) is 1.57. The minimum absolute atomic E-state index is 0.115. The second-order valence-corrected chi connectivity index (χ2v) is 10.6. The molecule has 7 heteroatoms. The number of aromatic nitrogens is 2. The van der Waals surface area contributed by atoms with Crippen molar-refractivity contribution >= 4 is 21.8 Å². The highest BCUT2D eigenvalue weighted by atomic mass is 79.9. The number of fused-ring (bicyclic) bond motifs is 2. The Kier molecular flexibility index (Phi) is 6.78. The van der Waals surface area contributed by atoms with Gasteiger partial charge in [0.15, 0.2) is 12.4 Å². The molecule has 1 amide bonds. The van der Waals surface area contributed by atoms with E-state index >= 15 is 0 Å². The summed E-state index contributed by atoms with van der Waals surface area (Å²) in [6.45, 7) is 3.57. The number of methoxy groups -OCH3 is 1. The van der Waals surface area contributed by atoms with Gasteiger partial charge in [0.1, 0.15) is 5.75 Å². The van der Waals surface area contributed by atoms with Gasteiger partial charge in [-0.3, -0.25) is 9.78 Å². The molecule has 2 aromatic heterocycles. The number of likely N-dealkylation sites (tertiary alicyclic amines) is 1. The van der Waals surface area contributed by atoms with E-state index in [1.165, 1.54) is 34.6 Å². The first kappa shape index (κ1) is 23.8. The Morgan fingerprint density at radius 1 is 1.17 bits per heavy atom. The first-order valence-corrected chi connectivity index (χ1v) is 13.0. The van der Waals surface area contributed by atoms with Crippen molar-refractivity contribution in [2.75, 3.05) is 20.2 Å². The summed E-state index contributed by atoms with van der Waals surface area (Å²) in [6, 6.07) is 10.1. The van der Waals surface area contributed by atoms with Crippen LogP contribution >= 0.6 is 15.9 Å². The fraction of sp³-hybridized carbons (Fsp3) is 0.393. The van der Waals surface area contributed by atoms with E-state index in [4.69, 9.17) is 9.72 Å². The Labute approximate surface area is 214 Å². The van der Waals surface area contributed by atoms with Gasteiger partial charge in [0, 0.05) is 47.4 Å². The van der Waals surface area contributed by atoms with Gasteiger partial charge < -0.3 is 14.8 Å². The van der Waals surface area contributed by atoms with E-state index in [-0.39, 0.29) is 11.8 Å². The molecule has 1 aliphatic carbocycles. The Bertz CT molecular complexity index is 1240. The lowest BCUT2D eigenvalue weighted by Gasteiger charge is -2.37. The number of halogens is 1. The Morgan fingerprint density at radius 2 is 1.89 bits per heavy atom. The standard InChI is InChI=1S/C28H30BrN3O3/c1-18-13-21-3-4-22-16-23(29)17-30-28(22)27(26(21)24(14-18)35-2)20-7-9-31(10-8-20)25(33)15-19-5-11-32(34)12-6-19/h5-6,11-14,16-17,20,27H,3-4,7-10,15H2,1-2H3/t27-/m1/s1. The van der Waals surface area contributed by atoms with Crippen LogP contribution in [0.5, 0.6) is 5.75 Å². The van der Waals surface area contributed by atoms with Crippen LogP contribution in [-0.2, 0) is 24.1 Å². The highest BCUT2D eigenvalue weighted by molar-refractivity contribution is 9.10. The van der Waals surface area contributed by atoms with E-state index in [2.05, 4.69) is 41.1 Å². The zero-order valence-electron chi connectivity index (χ0n) is 20.2. The second-order valence-electron chi connectivity index (χ2n) is 9.68. The fourth-order valence-corrected chi connectivity index (χ4v) is 6.11. The lowest BCUT2D eigenvalue weighted by atomic mass is 9.76. The highest BCUT2D eigenvalue weighted by Gasteiger charge is 2.36. The zero-order chi connectivity index (χ0) is 24.5. The Morgan fingerprint density at radius 3 is 2.60 bits per heavy atom. The maximum atomic E-state index is 13.0. The smallest absolute Gasteiger partial charge is 0.226 e. The predicted octanol–water partition coefficient (Wildman–Crippen LogP) is 4.51. The highest BCUT2D eigenvalue weighted by Crippen LogP contribution is 2.46. The van der Waals surface area contributed by atoms with Gasteiger partial charge in [0.2, 0.25) is 5.91 Å². The average Bonchev–Trinajstić information content (AvgIpc) is 3.01. The summed E-state index contributed by atoms with van der Waals surface area (Å²) >= 11 is 3.61. The molecule has 1 atom stereocenters. The van der Waals surface area contributed by atoms with Gasteiger partial charge in [0.25, 0.3) is 0 Å². The molecule has 3 aromatic rings. The number of hydrogen-bond acceptors (Lipinski definition) is 4. The molecule has 0 radical (unpaired) electrons. The van der Waals surface area contributed by atoms with E-state index in [0.717, 1.165) is 65.0 Å². The predicted molar refractivity (Wildman–Crippen MR) is 137 cm³/mol. The molecule has 182 valence electrons. The maximum Gasteiger partial charge on any atom is 0.226 e. The SMILES string of the molecule is COc1cc(C)cc2c1[C@@H](C1CCN(C(=O)Cc3cc[n+]([O-])cc3)CC1)c1ncc(Br)cc1CC2. The van der Waals surface area contributed by atoms with Crippen molar-refractivity contribution < 1.29 is 14.3 Å². The lowest BCUT2D eigenvalue weighted by molar-refractivity contribution is -0.605. The number of nitrogens with zero attached hydrogens (tertiary/aromatic N) is 3. The van der Waals surface area contributed by atoms with Crippen molar-refractivity contribution in [1.82, 2.24) is 9.88 Å². The van der Waals surface area contributed by atoms with Crippen LogP contribution in [0.1, 0.15) is 52.3 Å². The van der Waals surface area contributed by atoms with Gasteiger partial charge in [-0.05, 0) is 88.8 Å². The lowest BCUT2D eigenvalue weighted by Crippen LogP contribution is -2.41. The minimum atomic E-state index is 0.115. The molecule has 0 saturated carbocycles. The number of hydrogen-bond donors (Lipinski definition) is 0. The van der Waals surface area contributed by atoms with Gasteiger partial charge in [-0.1, -0.05) is 6.07 Å². The molecule has 3 heterocycles. The molecule has 0 bridgehead atoms. The minimum Gasteiger partial charge on any atom is -0.619 e. The van der Waals surface area contributed by atoms with Crippen molar-refractivity contribution in [1.29, 1.82) is 0 Å². The van der Waals surface area contributed by atoms with Gasteiger partial charge in [-0.25, -0.2) is 0 Å². The molecule has 35 heavy (non-hydrogen) atoms. The zero-order valence-corrected chi connectivity index (χ0v) is 21.8. The van der Waals surface area contributed by atoms with Crippen LogP contribution in [0.15, 0.2) is 53.4 Å². The quantitative estimate of drug-likeness (QED) is 0.364. The van der Waals surface area contributed by atoms with Crippen LogP contribution in [0.25, 0.3) is 0 Å². The van der Waals surface area contributed by atoms with Crippen LogP contribution in [-0.4, -0.2) is 36.0 Å². The van der Waals surface area contributed by atoms with Crippen molar-refractivity contribution in [3.8, 4) is 5.75 Å². The van der Waals surface area contributed by atoms with Crippen LogP contribution in [0.2, 0.25) is 0 Å². The number of carbonyl (C=O) groups is 1. The Balaban J connectivity index is 1.42. The van der Waals surface area contributed by atoms with Crippen LogP contribution < -0.4 is 9.47 Å². The summed E-state index contributed by atoms with van der Waals surface area (Å²) < 4.78 is 7.67. The molecule has 5 rings (SSSR count). The third-order valence-corrected chi connectivity index (χ3v) is 7.85. The third kappa shape index (κ3) is 4.92. The molecule has 0 spiro atoms. The number of amides is 1. The maximum absolute atomic E-state index is 13.0. The van der Waals surface area contributed by atoms with Gasteiger partial charge >= 0.3 is 0 Å². The molecule has 2 aliphatic rings. The number of piperidine rings is 1. The molecule has 1 aliphatic heterocycles. The summed E-state index contributed by atoms with van der Waals surface area (Å²) in [6.07, 6.45) is 8.86. The first-order valence-electron chi connectivity index (χ1n) is 12.2. The van der Waals surface area contributed by atoms with Gasteiger partial charge in [-0.2, -0.15) is 4.73 Å². The molecule has 0 N–H and O–H groups in total. The summed E-state index contributed by atoms with van der Waals surface area (Å²) in [5, 5.41) is 11.3. The number of pyridine rings is 2. The number of benzene rings is 1. The number of aryl methyl sites for hydroxylation is 3. The summed E-state index contributed by atoms with van der Waals surface area (Å²) in [7, 11) is 1.76. The fourth-order valence-electron chi connectivity index (χ4n) is 5.73. The van der Waals surface area contributed by atoms with Gasteiger partial charge in [0.05, 0.1) is 19.2 Å². The van der Waals surface area contributed by atoms with Crippen LogP contribution in [0.4, 0.5) is 0 Å². The molecular formula is C28H30BrN3O3. The summed E-state index contributed by atoms with van der Waals surface area (Å²) in [5.41, 5.74) is 7.13. The van der Waals surface area contributed by atoms with Crippen molar-refractivity contribution in [2.24, 2.45) is 5.92 Å². The normalized spacial score (nSPS) is 17.9. The molecule has 1 saturated heterocycles. The summed E-state index contributed by atoms with van der Waals surface area (Å²) in [4.78, 5) is 19.9. The number of ether oxygens (including phenoxy) is 1. The molecular weight excluding hydrogens is 506 g/mol. The average molecular weight is 536 g/mol. The van der Waals surface area contributed by atoms with Crippen molar-refractivity contribution in [3.05, 3.63) is 92.1 Å². The van der Waals surface area contributed by atoms with E-state index in [1.54, 1.807) is 19.2 Å².